The van der Waals surface area contributed by atoms with E-state index in [-0.39, 0.29) is 72.0 Å². The summed E-state index contributed by atoms with van der Waals surface area (Å²) in [6.45, 7) is 14.2. The van der Waals surface area contributed by atoms with Crippen molar-refractivity contribution in [3.63, 3.8) is 0 Å². The molecule has 410 valence electrons. The lowest BCUT2D eigenvalue weighted by Gasteiger charge is -2.31. The Hall–Kier alpha value is -6.65. The van der Waals surface area contributed by atoms with Crippen LogP contribution in [0.2, 0.25) is 0 Å². The van der Waals surface area contributed by atoms with Gasteiger partial charge in [-0.1, -0.05) is 76.9 Å². The topological polar surface area (TPSA) is 260 Å². The van der Waals surface area contributed by atoms with E-state index in [0.717, 1.165) is 56.0 Å². The molecular weight excluding hydrogens is 1110 g/mol. The molecule has 8 aromatic rings. The second-order valence-corrected chi connectivity index (χ2v) is 28.4. The maximum atomic E-state index is 14.8. The first kappa shape index (κ1) is 58.0. The van der Waals surface area contributed by atoms with Gasteiger partial charge in [0.15, 0.2) is 46.2 Å². The normalized spacial score (nSPS) is 13.5. The third kappa shape index (κ3) is 13.2. The SMILES string of the molecule is CNS(=O)(=O)C[C@@H](Nc1nc(-c2cn(S(=O)(=O)c3ccc(C)cc3)c3ncc(F)cc23)ncc1F)C(C)(C)C.Cc1ccc(S(=O)(=O)n2cc(-c3ncc(F)c(N[C@H](CS(=O)(=O)Cl)C(C)(C)C)n3)c3cc(F)cnc32)cc1. The van der Waals surface area contributed by atoms with Gasteiger partial charge in [0.1, 0.15) is 11.6 Å². The first-order chi connectivity index (χ1) is 35.7. The van der Waals surface area contributed by atoms with E-state index in [9.17, 15) is 51.2 Å². The third-order valence-electron chi connectivity index (χ3n) is 12.1. The van der Waals surface area contributed by atoms with Crippen molar-refractivity contribution in [1.29, 1.82) is 0 Å². The van der Waals surface area contributed by atoms with Gasteiger partial charge in [-0.05, 0) is 68.1 Å². The second kappa shape index (κ2) is 21.6. The van der Waals surface area contributed by atoms with E-state index in [4.69, 9.17) is 10.7 Å². The zero-order valence-electron chi connectivity index (χ0n) is 42.7. The van der Waals surface area contributed by atoms with Crippen LogP contribution in [0.4, 0.5) is 29.2 Å². The molecule has 0 saturated carbocycles. The largest absolute Gasteiger partial charge is 0.363 e. The van der Waals surface area contributed by atoms with Crippen LogP contribution in [0.5, 0.6) is 0 Å². The summed E-state index contributed by atoms with van der Waals surface area (Å²) in [6, 6.07) is 12.9. The average molecular weight is 1160 g/mol. The van der Waals surface area contributed by atoms with Crippen LogP contribution in [0.15, 0.2) is 108 Å². The molecule has 0 aliphatic rings. The molecule has 3 N–H and O–H groups in total. The summed E-state index contributed by atoms with van der Waals surface area (Å²) in [5.74, 6) is -4.94. The molecular formula is C49H52ClF4N11O8S4. The summed E-state index contributed by atoms with van der Waals surface area (Å²) in [7, 11) is -9.19. The van der Waals surface area contributed by atoms with Crippen molar-refractivity contribution < 1.29 is 51.2 Å². The zero-order valence-corrected chi connectivity index (χ0v) is 46.7. The molecule has 0 bridgehead atoms. The van der Waals surface area contributed by atoms with E-state index in [0.29, 0.717) is 0 Å². The van der Waals surface area contributed by atoms with Gasteiger partial charge in [-0.25, -0.2) is 93.8 Å². The molecule has 0 fully saturated rings. The Bertz CT molecular complexity index is 4010. The van der Waals surface area contributed by atoms with Crippen molar-refractivity contribution in [2.75, 3.05) is 29.2 Å². The molecule has 0 unspecified atom stereocenters. The molecule has 0 spiro atoms. The molecule has 8 rings (SSSR count). The fourth-order valence-electron chi connectivity index (χ4n) is 7.52. The lowest BCUT2D eigenvalue weighted by atomic mass is 9.88. The molecule has 19 nitrogen and oxygen atoms in total. The van der Waals surface area contributed by atoms with Crippen LogP contribution in [0, 0.1) is 47.9 Å². The van der Waals surface area contributed by atoms with Gasteiger partial charge < -0.3 is 10.6 Å². The fourth-order valence-corrected chi connectivity index (χ4v) is 12.7. The highest BCUT2D eigenvalue weighted by Gasteiger charge is 2.33. The predicted molar refractivity (Wildman–Crippen MR) is 285 cm³/mol. The third-order valence-corrected chi connectivity index (χ3v) is 17.9. The average Bonchev–Trinajstić information content (AvgIpc) is 4.00. The van der Waals surface area contributed by atoms with Crippen molar-refractivity contribution in [3.05, 3.63) is 132 Å². The molecule has 6 heterocycles. The number of nitrogens with one attached hydrogen (secondary N) is 3. The minimum Gasteiger partial charge on any atom is -0.363 e. The van der Waals surface area contributed by atoms with Gasteiger partial charge in [-0.3, -0.25) is 0 Å². The Balaban J connectivity index is 0.000000224. The maximum absolute atomic E-state index is 14.8. The van der Waals surface area contributed by atoms with Gasteiger partial charge in [0, 0.05) is 57.1 Å². The van der Waals surface area contributed by atoms with Gasteiger partial charge in [0.2, 0.25) is 19.1 Å². The summed E-state index contributed by atoms with van der Waals surface area (Å²) in [5, 5.41) is 5.80. The van der Waals surface area contributed by atoms with Crippen molar-refractivity contribution >= 4 is 83.5 Å². The Labute approximate surface area is 447 Å². The maximum Gasteiger partial charge on any atom is 0.269 e. The number of nitrogens with zero attached hydrogens (tertiary/aromatic N) is 8. The summed E-state index contributed by atoms with van der Waals surface area (Å²) in [6.07, 6.45) is 5.89. The van der Waals surface area contributed by atoms with Crippen molar-refractivity contribution in [2.45, 2.75) is 77.3 Å². The number of aryl methyl sites for hydroxylation is 2. The molecule has 2 atom stereocenters. The van der Waals surface area contributed by atoms with E-state index in [1.54, 1.807) is 65.8 Å². The summed E-state index contributed by atoms with van der Waals surface area (Å²) >= 11 is 0. The zero-order chi connectivity index (χ0) is 56.8. The molecule has 6 aromatic heterocycles. The van der Waals surface area contributed by atoms with Crippen molar-refractivity contribution in [2.24, 2.45) is 10.8 Å². The van der Waals surface area contributed by atoms with Crippen LogP contribution < -0.4 is 15.4 Å². The van der Waals surface area contributed by atoms with Crippen LogP contribution in [0.25, 0.3) is 44.8 Å². The van der Waals surface area contributed by atoms with Crippen LogP contribution in [0.3, 0.4) is 0 Å². The Morgan fingerprint density at radius 2 is 0.922 bits per heavy atom. The first-order valence-electron chi connectivity index (χ1n) is 23.1. The van der Waals surface area contributed by atoms with Crippen molar-refractivity contribution in [3.8, 4) is 22.8 Å². The lowest BCUT2D eigenvalue weighted by Crippen LogP contribution is -2.43. The number of halogens is 5. The van der Waals surface area contributed by atoms with Crippen LogP contribution >= 0.6 is 10.7 Å². The van der Waals surface area contributed by atoms with E-state index in [1.165, 1.54) is 43.7 Å². The molecule has 0 saturated heterocycles. The number of rotatable bonds is 15. The highest BCUT2D eigenvalue weighted by Crippen LogP contribution is 2.35. The molecule has 2 aromatic carbocycles. The lowest BCUT2D eigenvalue weighted by molar-refractivity contribution is 0.357. The minimum absolute atomic E-state index is 0.0104. The number of aromatic nitrogens is 8. The number of hydrogen-bond donors (Lipinski definition) is 3. The van der Waals surface area contributed by atoms with Crippen LogP contribution in [0.1, 0.15) is 52.7 Å². The number of pyridine rings is 2. The monoisotopic (exact) mass is 1160 g/mol. The number of fused-ring (bicyclic) bond motifs is 2. The standard InChI is InChI=1S/C25H28F2N6O4S2.C24H24ClF2N5O4S2/c1-15-6-8-17(9-7-15)39(36,37)33-13-19(18-10-16(26)11-30-24(18)33)22-29-12-20(27)23(32-22)31-21(25(2,3)4)14-38(34,35)28-5;1-14-5-7-16(8-6-14)38(35,36)32-12-18(17-9-15(26)10-29-23(17)32)21-28-11-19(27)22(31-21)30-20(24(2,3)4)13-37(25,33)34/h6-13,21,28H,14H2,1-5H3,(H,29,31,32);5-12,20H,13H2,1-4H3,(H,28,30,31)/t21-;20-/m11/s1. The molecule has 0 radical (unpaired) electrons. The van der Waals surface area contributed by atoms with E-state index in [1.807, 2.05) is 13.8 Å². The predicted octanol–water partition coefficient (Wildman–Crippen LogP) is 8.40. The van der Waals surface area contributed by atoms with Gasteiger partial charge in [-0.2, -0.15) is 0 Å². The first-order valence-corrected chi connectivity index (χ1v) is 30.1. The Kier molecular flexibility index (Phi) is 16.3. The van der Waals surface area contributed by atoms with Gasteiger partial charge >= 0.3 is 0 Å². The van der Waals surface area contributed by atoms with Crippen LogP contribution in [-0.2, 0) is 39.1 Å². The number of sulfonamides is 1. The van der Waals surface area contributed by atoms with Gasteiger partial charge in [0.25, 0.3) is 20.0 Å². The number of anilines is 2. The van der Waals surface area contributed by atoms with Gasteiger partial charge in [0.05, 0.1) is 46.1 Å². The van der Waals surface area contributed by atoms with Crippen LogP contribution in [-0.4, -0.2) is 102 Å². The second-order valence-electron chi connectivity index (χ2n) is 20.0. The minimum atomic E-state index is -4.15. The van der Waals surface area contributed by atoms with Crippen molar-refractivity contribution in [1.82, 2.24) is 42.6 Å². The summed E-state index contributed by atoms with van der Waals surface area (Å²) in [5.41, 5.74) is 0.430. The molecule has 0 amide bonds. The molecule has 28 heteroatoms. The molecule has 0 aliphatic carbocycles. The quantitative estimate of drug-likeness (QED) is 0.0643. The smallest absolute Gasteiger partial charge is 0.269 e. The number of hydrogen-bond acceptors (Lipinski definition) is 16. The fraction of sp³-hybridized carbons (Fsp3) is 0.306. The summed E-state index contributed by atoms with van der Waals surface area (Å²) in [4.78, 5) is 24.4. The van der Waals surface area contributed by atoms with Gasteiger partial charge in [-0.15, -0.1) is 0 Å². The molecule has 0 aliphatic heterocycles. The van der Waals surface area contributed by atoms with E-state index >= 15 is 0 Å². The summed E-state index contributed by atoms with van der Waals surface area (Å²) < 4.78 is 164. The highest BCUT2D eigenvalue weighted by molar-refractivity contribution is 8.13. The number of benzene rings is 2. The molecule has 77 heavy (non-hydrogen) atoms. The van der Waals surface area contributed by atoms with E-state index < -0.39 is 91.1 Å². The highest BCUT2D eigenvalue weighted by atomic mass is 35.7. The van der Waals surface area contributed by atoms with E-state index in [2.05, 4.69) is 45.3 Å². The Morgan fingerprint density at radius 3 is 1.26 bits per heavy atom. The Morgan fingerprint density at radius 1 is 0.558 bits per heavy atom.